The Balaban J connectivity index is 2.28. The third kappa shape index (κ3) is 3.48. The first-order chi connectivity index (χ1) is 9.88. The maximum atomic E-state index is 13.6. The number of pyridine rings is 1. The highest BCUT2D eigenvalue weighted by Crippen LogP contribution is 2.21. The number of amides is 2. The highest BCUT2D eigenvalue weighted by atomic mass is 35.5. The molecule has 0 unspecified atom stereocenters. The van der Waals surface area contributed by atoms with Gasteiger partial charge in [-0.1, -0.05) is 23.2 Å². The molecule has 2 rings (SSSR count). The lowest BCUT2D eigenvalue weighted by Crippen LogP contribution is -2.16. The van der Waals surface area contributed by atoms with Crippen LogP contribution in [0, 0.1) is 5.82 Å². The summed E-state index contributed by atoms with van der Waals surface area (Å²) in [5, 5.41) is 2.45. The Morgan fingerprint density at radius 1 is 1.19 bits per heavy atom. The van der Waals surface area contributed by atoms with Crippen LogP contribution in [0.4, 0.5) is 10.1 Å². The number of aromatic nitrogens is 1. The van der Waals surface area contributed by atoms with Crippen molar-refractivity contribution in [2.75, 3.05) is 5.32 Å². The van der Waals surface area contributed by atoms with Crippen LogP contribution in [-0.4, -0.2) is 16.8 Å². The molecular weight excluding hydrogens is 320 g/mol. The van der Waals surface area contributed by atoms with E-state index in [9.17, 15) is 14.0 Å². The third-order valence-electron chi connectivity index (χ3n) is 2.56. The van der Waals surface area contributed by atoms with Crippen LogP contribution in [-0.2, 0) is 0 Å². The number of hydrogen-bond donors (Lipinski definition) is 2. The van der Waals surface area contributed by atoms with E-state index < -0.39 is 17.6 Å². The van der Waals surface area contributed by atoms with E-state index in [0.717, 1.165) is 12.1 Å². The van der Waals surface area contributed by atoms with E-state index in [2.05, 4.69) is 10.3 Å². The lowest BCUT2D eigenvalue weighted by Gasteiger charge is -2.08. The minimum Gasteiger partial charge on any atom is -0.366 e. The molecule has 8 heteroatoms. The van der Waals surface area contributed by atoms with Gasteiger partial charge in [0.15, 0.2) is 0 Å². The zero-order chi connectivity index (χ0) is 15.6. The van der Waals surface area contributed by atoms with Gasteiger partial charge in [0.25, 0.3) is 5.91 Å². The van der Waals surface area contributed by atoms with Crippen LogP contribution in [0.2, 0.25) is 10.2 Å². The summed E-state index contributed by atoms with van der Waals surface area (Å²) >= 11 is 11.4. The fourth-order valence-electron chi connectivity index (χ4n) is 1.51. The zero-order valence-corrected chi connectivity index (χ0v) is 11.9. The lowest BCUT2D eigenvalue weighted by molar-refractivity contribution is 0.0996. The average Bonchev–Trinajstić information content (AvgIpc) is 2.43. The third-order valence-corrected chi connectivity index (χ3v) is 3.24. The standard InChI is InChI=1S/C13H8Cl2FN3O2/c14-8-3-7(5-18-11(8)15)13(21)19-10-4-6(12(17)20)1-2-9(10)16/h1-5H,(H2,17,20)(H,19,21). The summed E-state index contributed by atoms with van der Waals surface area (Å²) in [7, 11) is 0. The van der Waals surface area contributed by atoms with Gasteiger partial charge >= 0.3 is 0 Å². The quantitative estimate of drug-likeness (QED) is 0.850. The molecule has 3 N–H and O–H groups in total. The second-order valence-electron chi connectivity index (χ2n) is 4.01. The van der Waals surface area contributed by atoms with Crippen molar-refractivity contribution < 1.29 is 14.0 Å². The van der Waals surface area contributed by atoms with Crippen LogP contribution in [0.15, 0.2) is 30.5 Å². The predicted molar refractivity (Wildman–Crippen MR) is 77.1 cm³/mol. The Bertz CT molecular complexity index is 737. The van der Waals surface area contributed by atoms with Gasteiger partial charge in [-0.3, -0.25) is 9.59 Å². The van der Waals surface area contributed by atoms with Crippen molar-refractivity contribution in [3.8, 4) is 0 Å². The largest absolute Gasteiger partial charge is 0.366 e. The minimum absolute atomic E-state index is 0.0510. The van der Waals surface area contributed by atoms with Gasteiger partial charge in [-0.05, 0) is 24.3 Å². The average molecular weight is 328 g/mol. The number of nitrogens with two attached hydrogens (primary N) is 1. The number of nitrogens with one attached hydrogen (secondary N) is 1. The second kappa shape index (κ2) is 6.07. The van der Waals surface area contributed by atoms with E-state index in [4.69, 9.17) is 28.9 Å². The number of halogens is 3. The summed E-state index contributed by atoms with van der Waals surface area (Å²) < 4.78 is 13.6. The molecule has 0 spiro atoms. The summed E-state index contributed by atoms with van der Waals surface area (Å²) in [6, 6.07) is 4.68. The molecule has 0 aliphatic carbocycles. The Kier molecular flexibility index (Phi) is 4.40. The van der Waals surface area contributed by atoms with E-state index in [1.807, 2.05) is 0 Å². The maximum Gasteiger partial charge on any atom is 0.257 e. The number of hydrogen-bond acceptors (Lipinski definition) is 3. The first-order valence-electron chi connectivity index (χ1n) is 5.60. The summed E-state index contributed by atoms with van der Waals surface area (Å²) in [4.78, 5) is 26.7. The van der Waals surface area contributed by atoms with Gasteiger partial charge in [0.05, 0.1) is 16.3 Å². The molecule has 2 amide bonds. The van der Waals surface area contributed by atoms with E-state index in [1.165, 1.54) is 18.3 Å². The predicted octanol–water partition coefficient (Wildman–Crippen LogP) is 2.88. The van der Waals surface area contributed by atoms with Gasteiger partial charge in [-0.15, -0.1) is 0 Å². The Morgan fingerprint density at radius 2 is 1.90 bits per heavy atom. The number of carbonyl (C=O) groups excluding carboxylic acids is 2. The SMILES string of the molecule is NC(=O)c1ccc(F)c(NC(=O)c2cnc(Cl)c(Cl)c2)c1. The molecule has 0 saturated heterocycles. The van der Waals surface area contributed by atoms with Crippen molar-refractivity contribution in [2.45, 2.75) is 0 Å². The second-order valence-corrected chi connectivity index (χ2v) is 4.77. The molecule has 0 fully saturated rings. The summed E-state index contributed by atoms with van der Waals surface area (Å²) in [6.07, 6.45) is 1.19. The zero-order valence-electron chi connectivity index (χ0n) is 10.4. The molecule has 2 aromatic rings. The summed E-state index contributed by atoms with van der Waals surface area (Å²) in [6.45, 7) is 0. The number of anilines is 1. The van der Waals surface area contributed by atoms with Gasteiger partial charge in [-0.25, -0.2) is 9.37 Å². The number of benzene rings is 1. The first kappa shape index (κ1) is 15.2. The molecule has 21 heavy (non-hydrogen) atoms. The number of rotatable bonds is 3. The van der Waals surface area contributed by atoms with Crippen molar-refractivity contribution in [3.05, 3.63) is 57.6 Å². The van der Waals surface area contributed by atoms with Gasteiger partial charge in [0.2, 0.25) is 5.91 Å². The fraction of sp³-hybridized carbons (Fsp3) is 0. The van der Waals surface area contributed by atoms with E-state index >= 15 is 0 Å². The van der Waals surface area contributed by atoms with Gasteiger partial charge < -0.3 is 11.1 Å². The number of primary amides is 1. The van der Waals surface area contributed by atoms with E-state index in [1.54, 1.807) is 0 Å². The minimum atomic E-state index is -0.735. The molecule has 0 bridgehead atoms. The topological polar surface area (TPSA) is 85.1 Å². The van der Waals surface area contributed by atoms with Crippen LogP contribution < -0.4 is 11.1 Å². The van der Waals surface area contributed by atoms with Crippen LogP contribution >= 0.6 is 23.2 Å². The molecule has 1 aromatic heterocycles. The monoisotopic (exact) mass is 327 g/mol. The molecule has 0 atom stereocenters. The molecule has 5 nitrogen and oxygen atoms in total. The number of carbonyl (C=O) groups is 2. The number of nitrogens with zero attached hydrogens (tertiary/aromatic N) is 1. The van der Waals surface area contributed by atoms with Gasteiger partial charge in [0, 0.05) is 11.8 Å². The Hall–Kier alpha value is -2.18. The fourth-order valence-corrected chi connectivity index (χ4v) is 1.78. The highest BCUT2D eigenvalue weighted by molar-refractivity contribution is 6.41. The molecule has 0 aliphatic heterocycles. The smallest absolute Gasteiger partial charge is 0.257 e. The van der Waals surface area contributed by atoms with Crippen molar-refractivity contribution in [2.24, 2.45) is 5.73 Å². The highest BCUT2D eigenvalue weighted by Gasteiger charge is 2.13. The van der Waals surface area contributed by atoms with E-state index in [0.29, 0.717) is 0 Å². The Morgan fingerprint density at radius 3 is 2.52 bits per heavy atom. The normalized spacial score (nSPS) is 10.2. The maximum absolute atomic E-state index is 13.6. The molecule has 0 radical (unpaired) electrons. The van der Waals surface area contributed by atoms with Crippen LogP contribution in [0.5, 0.6) is 0 Å². The molecule has 1 heterocycles. The molecular formula is C13H8Cl2FN3O2. The van der Waals surface area contributed by atoms with Crippen LogP contribution in [0.25, 0.3) is 0 Å². The first-order valence-corrected chi connectivity index (χ1v) is 6.36. The molecule has 1 aromatic carbocycles. The van der Waals surface area contributed by atoms with Gasteiger partial charge in [-0.2, -0.15) is 0 Å². The molecule has 0 saturated carbocycles. The van der Waals surface area contributed by atoms with Crippen LogP contribution in [0.1, 0.15) is 20.7 Å². The van der Waals surface area contributed by atoms with Crippen LogP contribution in [0.3, 0.4) is 0 Å². The summed E-state index contributed by atoms with van der Waals surface area (Å²) in [5.41, 5.74) is 5.08. The van der Waals surface area contributed by atoms with Crippen molar-refractivity contribution >= 4 is 40.7 Å². The van der Waals surface area contributed by atoms with Crippen molar-refractivity contribution in [1.29, 1.82) is 0 Å². The Labute approximate surface area is 128 Å². The van der Waals surface area contributed by atoms with Gasteiger partial charge in [0.1, 0.15) is 11.0 Å². The van der Waals surface area contributed by atoms with E-state index in [-0.39, 0.29) is 27.0 Å². The summed E-state index contributed by atoms with van der Waals surface area (Å²) in [5.74, 6) is -2.09. The lowest BCUT2D eigenvalue weighted by atomic mass is 10.1. The van der Waals surface area contributed by atoms with Crippen molar-refractivity contribution in [1.82, 2.24) is 4.98 Å². The molecule has 108 valence electrons. The molecule has 0 aliphatic rings. The van der Waals surface area contributed by atoms with Crippen molar-refractivity contribution in [3.63, 3.8) is 0 Å².